The van der Waals surface area contributed by atoms with Gasteiger partial charge in [-0.3, -0.25) is 9.59 Å². The zero-order valence-electron chi connectivity index (χ0n) is 15.0. The highest BCUT2D eigenvalue weighted by Crippen LogP contribution is 2.36. The zero-order chi connectivity index (χ0) is 19.0. The van der Waals surface area contributed by atoms with Gasteiger partial charge in [0.05, 0.1) is 11.8 Å². The largest absolute Gasteiger partial charge is 0.462 e. The Hall–Kier alpha value is -1.08. The molecule has 2 atom stereocenters. The van der Waals surface area contributed by atoms with E-state index in [2.05, 4.69) is 21.2 Å². The van der Waals surface area contributed by atoms with Gasteiger partial charge in [-0.1, -0.05) is 27.2 Å². The Morgan fingerprint density at radius 1 is 1.32 bits per heavy atom. The van der Waals surface area contributed by atoms with E-state index >= 15 is 0 Å². The lowest BCUT2D eigenvalue weighted by molar-refractivity contribution is -0.147. The summed E-state index contributed by atoms with van der Waals surface area (Å²) in [5, 5.41) is 2.16. The first-order valence-corrected chi connectivity index (χ1v) is 10.2. The lowest BCUT2D eigenvalue weighted by Gasteiger charge is -2.19. The summed E-state index contributed by atoms with van der Waals surface area (Å²) in [4.78, 5) is 24.6. The molecule has 0 aliphatic heterocycles. The smallest absolute Gasteiger partial charge is 0.319 e. The minimum absolute atomic E-state index is 0.114. The number of amides is 1. The molecule has 0 radical (unpaired) electrons. The summed E-state index contributed by atoms with van der Waals surface area (Å²) in [5.74, 6) is -1.05. The Morgan fingerprint density at radius 3 is 2.56 bits per heavy atom. The molecule has 0 fully saturated rings. The quantitative estimate of drug-likeness (QED) is 0.410. The maximum absolute atomic E-state index is 14.0. The van der Waals surface area contributed by atoms with Crippen molar-refractivity contribution in [1.29, 1.82) is 0 Å². The molecule has 0 heterocycles. The number of esters is 1. The van der Waals surface area contributed by atoms with Crippen molar-refractivity contribution in [2.45, 2.75) is 69.6 Å². The van der Waals surface area contributed by atoms with Gasteiger partial charge in [-0.25, -0.2) is 4.39 Å². The number of nitrogens with one attached hydrogen (secondary N) is 1. The van der Waals surface area contributed by atoms with Crippen LogP contribution >= 0.6 is 27.7 Å². The molecule has 0 saturated heterocycles. The number of hydrogen-bond acceptors (Lipinski definition) is 4. The number of anilines is 1. The van der Waals surface area contributed by atoms with Crippen LogP contribution in [-0.4, -0.2) is 23.2 Å². The van der Waals surface area contributed by atoms with E-state index in [4.69, 9.17) is 4.74 Å². The van der Waals surface area contributed by atoms with Crippen molar-refractivity contribution in [3.05, 3.63) is 22.4 Å². The molecule has 25 heavy (non-hydrogen) atoms. The lowest BCUT2D eigenvalue weighted by Crippen LogP contribution is -2.24. The highest BCUT2D eigenvalue weighted by Gasteiger charge is 2.24. The van der Waals surface area contributed by atoms with Gasteiger partial charge in [0.1, 0.15) is 11.1 Å². The molecule has 140 valence electrons. The third-order valence-electron chi connectivity index (χ3n) is 3.59. The Bertz CT molecular complexity index is 612. The normalized spacial score (nSPS) is 13.2. The fraction of sp³-hybridized carbons (Fsp3) is 0.556. The molecule has 1 amide bonds. The van der Waals surface area contributed by atoms with Gasteiger partial charge in [0.15, 0.2) is 0 Å². The number of thioether (sulfide) groups is 1. The van der Waals surface area contributed by atoms with Crippen molar-refractivity contribution in [2.24, 2.45) is 0 Å². The maximum atomic E-state index is 14.0. The zero-order valence-corrected chi connectivity index (χ0v) is 17.4. The second kappa shape index (κ2) is 10.8. The molecule has 0 spiro atoms. The summed E-state index contributed by atoms with van der Waals surface area (Å²) < 4.78 is 20.0. The van der Waals surface area contributed by atoms with Gasteiger partial charge in [0, 0.05) is 15.8 Å². The van der Waals surface area contributed by atoms with Gasteiger partial charge in [0.2, 0.25) is 5.91 Å². The van der Waals surface area contributed by atoms with Gasteiger partial charge in [-0.05, 0) is 47.8 Å². The first kappa shape index (κ1) is 22.0. The molecule has 0 bridgehead atoms. The van der Waals surface area contributed by atoms with Crippen LogP contribution in [0.1, 0.15) is 53.4 Å². The van der Waals surface area contributed by atoms with Crippen molar-refractivity contribution < 1.29 is 18.7 Å². The number of hydrogen-bond donors (Lipinski definition) is 1. The highest BCUT2D eigenvalue weighted by atomic mass is 79.9. The summed E-state index contributed by atoms with van der Waals surface area (Å²) in [6.07, 6.45) is 2.36. The lowest BCUT2D eigenvalue weighted by atomic mass is 10.2. The predicted molar refractivity (Wildman–Crippen MR) is 103 cm³/mol. The molecule has 2 unspecified atom stereocenters. The van der Waals surface area contributed by atoms with Crippen molar-refractivity contribution in [1.82, 2.24) is 0 Å². The summed E-state index contributed by atoms with van der Waals surface area (Å²) in [7, 11) is 0. The van der Waals surface area contributed by atoms with E-state index in [9.17, 15) is 14.0 Å². The molecule has 0 saturated carbocycles. The van der Waals surface area contributed by atoms with Crippen LogP contribution in [0, 0.1) is 5.82 Å². The van der Waals surface area contributed by atoms with Crippen LogP contribution in [0.4, 0.5) is 10.1 Å². The summed E-state index contributed by atoms with van der Waals surface area (Å²) in [6, 6.07) is 2.85. The van der Waals surface area contributed by atoms with Crippen molar-refractivity contribution in [3.63, 3.8) is 0 Å². The van der Waals surface area contributed by atoms with Crippen LogP contribution in [0.5, 0.6) is 0 Å². The van der Waals surface area contributed by atoms with Crippen LogP contribution in [-0.2, 0) is 14.3 Å². The van der Waals surface area contributed by atoms with Gasteiger partial charge >= 0.3 is 5.97 Å². The van der Waals surface area contributed by atoms with E-state index in [1.807, 2.05) is 20.8 Å². The number of rotatable bonds is 9. The average Bonchev–Trinajstić information content (AvgIpc) is 2.57. The first-order valence-electron chi connectivity index (χ1n) is 8.48. The summed E-state index contributed by atoms with van der Waals surface area (Å²) in [6.45, 7) is 7.51. The Kier molecular flexibility index (Phi) is 9.50. The van der Waals surface area contributed by atoms with Gasteiger partial charge in [0.25, 0.3) is 0 Å². The maximum Gasteiger partial charge on any atom is 0.319 e. The molecule has 0 aromatic heterocycles. The molecular weight excluding hydrogens is 409 g/mol. The van der Waals surface area contributed by atoms with Crippen LogP contribution in [0.2, 0.25) is 0 Å². The van der Waals surface area contributed by atoms with Crippen LogP contribution < -0.4 is 5.32 Å². The summed E-state index contributed by atoms with van der Waals surface area (Å²) in [5.41, 5.74) is 0.114. The number of benzene rings is 1. The van der Waals surface area contributed by atoms with E-state index in [0.29, 0.717) is 15.8 Å². The standard InChI is InChI=1S/C18H25BrFNO3S/c1-5-8-15(18(23)24-11(4)6-2)25-16-10-14(21-17(22)7-3)13(20)9-12(16)19/h9-11,15H,5-8H2,1-4H3,(H,21,22). The third kappa shape index (κ3) is 6.98. The Morgan fingerprint density at radius 2 is 2.00 bits per heavy atom. The molecule has 7 heteroatoms. The summed E-state index contributed by atoms with van der Waals surface area (Å²) >= 11 is 4.65. The molecule has 1 N–H and O–H groups in total. The van der Waals surface area contributed by atoms with E-state index in [0.717, 1.165) is 12.8 Å². The molecule has 1 rings (SSSR count). The van der Waals surface area contributed by atoms with E-state index in [1.165, 1.54) is 17.8 Å². The Balaban J connectivity index is 3.01. The van der Waals surface area contributed by atoms with Crippen LogP contribution in [0.3, 0.4) is 0 Å². The SMILES string of the molecule is CCCC(Sc1cc(NC(=O)CC)c(F)cc1Br)C(=O)OC(C)CC. The number of ether oxygens (including phenoxy) is 1. The van der Waals surface area contributed by atoms with Gasteiger partial charge in [-0.2, -0.15) is 0 Å². The van der Waals surface area contributed by atoms with Crippen molar-refractivity contribution in [3.8, 4) is 0 Å². The monoisotopic (exact) mass is 433 g/mol. The predicted octanol–water partition coefficient (Wildman–Crippen LogP) is 5.54. The van der Waals surface area contributed by atoms with E-state index < -0.39 is 5.82 Å². The van der Waals surface area contributed by atoms with E-state index in [-0.39, 0.29) is 35.3 Å². The third-order valence-corrected chi connectivity index (χ3v) is 5.81. The first-order chi connectivity index (χ1) is 11.8. The second-order valence-electron chi connectivity index (χ2n) is 5.72. The average molecular weight is 434 g/mol. The van der Waals surface area contributed by atoms with Crippen molar-refractivity contribution >= 4 is 45.3 Å². The van der Waals surface area contributed by atoms with Gasteiger partial charge < -0.3 is 10.1 Å². The topological polar surface area (TPSA) is 55.4 Å². The number of halogens is 2. The minimum Gasteiger partial charge on any atom is -0.462 e. The van der Waals surface area contributed by atoms with Gasteiger partial charge in [-0.15, -0.1) is 11.8 Å². The number of carbonyl (C=O) groups is 2. The molecule has 0 aliphatic rings. The van der Waals surface area contributed by atoms with Crippen molar-refractivity contribution in [2.75, 3.05) is 5.32 Å². The molecule has 1 aromatic rings. The number of carbonyl (C=O) groups excluding carboxylic acids is 2. The highest BCUT2D eigenvalue weighted by molar-refractivity contribution is 9.10. The fourth-order valence-corrected chi connectivity index (χ4v) is 3.72. The Labute approximate surface area is 161 Å². The van der Waals surface area contributed by atoms with Crippen LogP contribution in [0.15, 0.2) is 21.5 Å². The molecule has 1 aromatic carbocycles. The molecule has 4 nitrogen and oxygen atoms in total. The molecular formula is C18H25BrFNO3S. The second-order valence-corrected chi connectivity index (χ2v) is 7.81. The molecule has 0 aliphatic carbocycles. The van der Waals surface area contributed by atoms with E-state index in [1.54, 1.807) is 13.0 Å². The fourth-order valence-electron chi connectivity index (χ4n) is 1.95. The van der Waals surface area contributed by atoms with Crippen LogP contribution in [0.25, 0.3) is 0 Å². The minimum atomic E-state index is -0.521.